The first-order valence-corrected chi connectivity index (χ1v) is 7.17. The van der Waals surface area contributed by atoms with Gasteiger partial charge in [-0.15, -0.1) is 12.4 Å². The van der Waals surface area contributed by atoms with E-state index in [0.29, 0.717) is 6.42 Å². The van der Waals surface area contributed by atoms with Crippen LogP contribution in [-0.4, -0.2) is 19.6 Å². The molecule has 118 valence electrons. The third-order valence-electron chi connectivity index (χ3n) is 3.36. The topological polar surface area (TPSA) is 38.3 Å². The normalized spacial score (nSPS) is 9.86. The Morgan fingerprint density at radius 3 is 2.23 bits per heavy atom. The fourth-order valence-corrected chi connectivity index (χ4v) is 2.12. The van der Waals surface area contributed by atoms with Crippen LogP contribution in [0.1, 0.15) is 16.7 Å². The molecule has 0 heterocycles. The van der Waals surface area contributed by atoms with Crippen molar-refractivity contribution in [2.45, 2.75) is 19.4 Å². The average molecular weight is 320 g/mol. The Bertz CT molecular complexity index is 555. The van der Waals surface area contributed by atoms with E-state index in [-0.39, 0.29) is 18.4 Å². The van der Waals surface area contributed by atoms with Crippen molar-refractivity contribution in [3.8, 4) is 0 Å². The number of benzene rings is 2. The number of methoxy groups -OCH3 is 1. The van der Waals surface area contributed by atoms with Crippen LogP contribution >= 0.6 is 12.4 Å². The number of halogens is 1. The Kier molecular flexibility index (Phi) is 8.26. The zero-order valence-corrected chi connectivity index (χ0v) is 13.6. The Labute approximate surface area is 138 Å². The Morgan fingerprint density at radius 1 is 0.955 bits per heavy atom. The van der Waals surface area contributed by atoms with Crippen molar-refractivity contribution in [3.05, 3.63) is 71.3 Å². The maximum Gasteiger partial charge on any atom is 0.309 e. The van der Waals surface area contributed by atoms with Crippen LogP contribution in [0.25, 0.3) is 0 Å². The standard InChI is InChI=1S/C18H21NO2.ClH/c1-21-18(20)13-16-9-7-15(8-10-16)11-12-19-14-17-5-3-2-4-6-17;/h2-10,19H,11-14H2,1H3;1H. The van der Waals surface area contributed by atoms with Gasteiger partial charge in [0.15, 0.2) is 0 Å². The van der Waals surface area contributed by atoms with Crippen LogP contribution in [0, 0.1) is 0 Å². The Balaban J connectivity index is 0.00000242. The number of nitrogens with one attached hydrogen (secondary N) is 1. The molecule has 22 heavy (non-hydrogen) atoms. The maximum atomic E-state index is 11.2. The number of hydrogen-bond acceptors (Lipinski definition) is 3. The lowest BCUT2D eigenvalue weighted by Crippen LogP contribution is -2.16. The molecule has 3 nitrogen and oxygen atoms in total. The smallest absolute Gasteiger partial charge is 0.309 e. The molecule has 0 saturated carbocycles. The van der Waals surface area contributed by atoms with E-state index in [0.717, 1.165) is 25.1 Å². The lowest BCUT2D eigenvalue weighted by molar-refractivity contribution is -0.139. The van der Waals surface area contributed by atoms with Gasteiger partial charge >= 0.3 is 5.97 Å². The van der Waals surface area contributed by atoms with Gasteiger partial charge < -0.3 is 10.1 Å². The predicted octanol–water partition coefficient (Wildman–Crippen LogP) is 3.16. The fraction of sp³-hybridized carbons (Fsp3) is 0.278. The molecule has 0 saturated heterocycles. The molecule has 0 aliphatic carbocycles. The van der Waals surface area contributed by atoms with E-state index in [1.165, 1.54) is 18.2 Å². The summed E-state index contributed by atoms with van der Waals surface area (Å²) < 4.78 is 4.66. The van der Waals surface area contributed by atoms with Crippen molar-refractivity contribution in [2.75, 3.05) is 13.7 Å². The summed E-state index contributed by atoms with van der Waals surface area (Å²) in [5.41, 5.74) is 3.55. The maximum absolute atomic E-state index is 11.2. The van der Waals surface area contributed by atoms with Gasteiger partial charge in [0.2, 0.25) is 0 Å². The number of rotatable bonds is 7. The minimum atomic E-state index is -0.202. The highest BCUT2D eigenvalue weighted by Gasteiger charge is 2.02. The fourth-order valence-electron chi connectivity index (χ4n) is 2.12. The van der Waals surface area contributed by atoms with Gasteiger partial charge in [0.25, 0.3) is 0 Å². The highest BCUT2D eigenvalue weighted by Crippen LogP contribution is 2.06. The third-order valence-corrected chi connectivity index (χ3v) is 3.36. The van der Waals surface area contributed by atoms with E-state index in [1.807, 2.05) is 18.2 Å². The molecule has 0 aliphatic heterocycles. The van der Waals surface area contributed by atoms with Crippen LogP contribution < -0.4 is 5.32 Å². The summed E-state index contributed by atoms with van der Waals surface area (Å²) in [6.07, 6.45) is 1.31. The first-order valence-electron chi connectivity index (χ1n) is 7.17. The first kappa shape index (κ1) is 18.2. The van der Waals surface area contributed by atoms with E-state index in [2.05, 4.69) is 46.5 Å². The molecule has 0 unspecified atom stereocenters. The van der Waals surface area contributed by atoms with E-state index in [9.17, 15) is 4.79 Å². The molecule has 0 fully saturated rings. The van der Waals surface area contributed by atoms with Crippen molar-refractivity contribution in [1.29, 1.82) is 0 Å². The highest BCUT2D eigenvalue weighted by atomic mass is 35.5. The van der Waals surface area contributed by atoms with E-state index in [1.54, 1.807) is 0 Å². The number of carbonyl (C=O) groups excluding carboxylic acids is 1. The molecule has 0 aromatic heterocycles. The summed E-state index contributed by atoms with van der Waals surface area (Å²) in [5, 5.41) is 3.43. The number of esters is 1. The number of ether oxygens (including phenoxy) is 1. The van der Waals surface area contributed by atoms with Crippen molar-refractivity contribution >= 4 is 18.4 Å². The van der Waals surface area contributed by atoms with Gasteiger partial charge in [-0.05, 0) is 29.7 Å². The van der Waals surface area contributed by atoms with E-state index in [4.69, 9.17) is 0 Å². The third kappa shape index (κ3) is 6.29. The van der Waals surface area contributed by atoms with Gasteiger partial charge in [0, 0.05) is 6.54 Å². The van der Waals surface area contributed by atoms with Crippen molar-refractivity contribution in [1.82, 2.24) is 5.32 Å². The van der Waals surface area contributed by atoms with Crippen LogP contribution in [0.4, 0.5) is 0 Å². The summed E-state index contributed by atoms with van der Waals surface area (Å²) in [6, 6.07) is 18.5. The quantitative estimate of drug-likeness (QED) is 0.629. The van der Waals surface area contributed by atoms with Crippen molar-refractivity contribution < 1.29 is 9.53 Å². The summed E-state index contributed by atoms with van der Waals surface area (Å²) in [7, 11) is 1.41. The molecule has 2 rings (SSSR count). The van der Waals surface area contributed by atoms with Gasteiger partial charge in [-0.25, -0.2) is 0 Å². The van der Waals surface area contributed by atoms with Crippen LogP contribution in [0.2, 0.25) is 0 Å². The van der Waals surface area contributed by atoms with Gasteiger partial charge in [-0.3, -0.25) is 4.79 Å². The van der Waals surface area contributed by atoms with Crippen LogP contribution in [0.3, 0.4) is 0 Å². The second kappa shape index (κ2) is 9.98. The minimum absolute atomic E-state index is 0. The molecule has 0 aliphatic rings. The molecule has 0 bridgehead atoms. The van der Waals surface area contributed by atoms with Crippen LogP contribution in [0.15, 0.2) is 54.6 Å². The summed E-state index contributed by atoms with van der Waals surface area (Å²) in [5.74, 6) is -0.202. The van der Waals surface area contributed by atoms with Crippen molar-refractivity contribution in [3.63, 3.8) is 0 Å². The molecule has 4 heteroatoms. The van der Waals surface area contributed by atoms with Gasteiger partial charge in [-0.2, -0.15) is 0 Å². The molecule has 0 spiro atoms. The SMILES string of the molecule is COC(=O)Cc1ccc(CCNCc2ccccc2)cc1.Cl. The first-order chi connectivity index (χ1) is 10.3. The van der Waals surface area contributed by atoms with Gasteiger partial charge in [0.1, 0.15) is 0 Å². The zero-order chi connectivity index (χ0) is 14.9. The second-order valence-corrected chi connectivity index (χ2v) is 4.98. The van der Waals surface area contributed by atoms with E-state index < -0.39 is 0 Å². The minimum Gasteiger partial charge on any atom is -0.469 e. The Morgan fingerprint density at radius 2 is 1.59 bits per heavy atom. The molecular weight excluding hydrogens is 298 g/mol. The monoisotopic (exact) mass is 319 g/mol. The number of carbonyl (C=O) groups is 1. The second-order valence-electron chi connectivity index (χ2n) is 4.98. The van der Waals surface area contributed by atoms with Crippen LogP contribution in [-0.2, 0) is 28.9 Å². The zero-order valence-electron chi connectivity index (χ0n) is 12.7. The predicted molar refractivity (Wildman–Crippen MR) is 91.3 cm³/mol. The van der Waals surface area contributed by atoms with Gasteiger partial charge in [-0.1, -0.05) is 54.6 Å². The highest BCUT2D eigenvalue weighted by molar-refractivity contribution is 5.85. The number of hydrogen-bond donors (Lipinski definition) is 1. The summed E-state index contributed by atoms with van der Waals surface area (Å²) in [4.78, 5) is 11.2. The molecule has 0 radical (unpaired) electrons. The van der Waals surface area contributed by atoms with E-state index >= 15 is 0 Å². The molecule has 1 N–H and O–H groups in total. The molecule has 0 atom stereocenters. The van der Waals surface area contributed by atoms with Crippen LogP contribution in [0.5, 0.6) is 0 Å². The average Bonchev–Trinajstić information content (AvgIpc) is 2.54. The van der Waals surface area contributed by atoms with Crippen molar-refractivity contribution in [2.24, 2.45) is 0 Å². The molecule has 2 aromatic carbocycles. The summed E-state index contributed by atoms with van der Waals surface area (Å²) in [6.45, 7) is 1.83. The Hall–Kier alpha value is -1.84. The summed E-state index contributed by atoms with van der Waals surface area (Å²) >= 11 is 0. The lowest BCUT2D eigenvalue weighted by Gasteiger charge is -2.06. The lowest BCUT2D eigenvalue weighted by atomic mass is 10.1. The molecular formula is C18H22ClNO2. The largest absolute Gasteiger partial charge is 0.469 e. The van der Waals surface area contributed by atoms with Gasteiger partial charge in [0.05, 0.1) is 13.5 Å². The molecule has 2 aromatic rings. The molecule has 0 amide bonds.